The van der Waals surface area contributed by atoms with E-state index in [1.165, 1.54) is 6.20 Å². The van der Waals surface area contributed by atoms with E-state index in [0.29, 0.717) is 24.3 Å². The van der Waals surface area contributed by atoms with E-state index in [9.17, 15) is 14.0 Å². The number of aromatic carboxylic acids is 1. The number of anilines is 1. The Kier molecular flexibility index (Phi) is 2.96. The third kappa shape index (κ3) is 2.11. The standard InChI is InChI=1S/C16H16FN3O3/c17-11-3-9-13(19-4-10(15(9)21)16(22)23)12(7-1-2-7)14(11)20-5-8(18)6-20/h3-4,7-8H,1-2,5-6,18H2,(H,19,21)(H,22,23). The van der Waals surface area contributed by atoms with Gasteiger partial charge in [0.05, 0.1) is 11.2 Å². The molecule has 0 bridgehead atoms. The van der Waals surface area contributed by atoms with Crippen LogP contribution in [0.25, 0.3) is 10.9 Å². The second-order valence-electron chi connectivity index (χ2n) is 6.32. The lowest BCUT2D eigenvalue weighted by atomic mass is 9.97. The molecule has 0 radical (unpaired) electrons. The predicted molar refractivity (Wildman–Crippen MR) is 83.6 cm³/mol. The number of halogens is 1. The molecule has 1 aromatic carbocycles. The van der Waals surface area contributed by atoms with E-state index in [2.05, 4.69) is 4.98 Å². The maximum absolute atomic E-state index is 14.7. The molecular formula is C16H16FN3O3. The molecule has 2 fully saturated rings. The number of carboxylic acid groups (broad SMARTS) is 1. The smallest absolute Gasteiger partial charge is 0.341 e. The monoisotopic (exact) mass is 317 g/mol. The molecule has 2 heterocycles. The van der Waals surface area contributed by atoms with Crippen molar-refractivity contribution in [3.8, 4) is 0 Å². The molecule has 0 unspecified atom stereocenters. The SMILES string of the molecule is NC1CN(c2c(F)cc3c(=O)c(C(=O)O)c[nH]c3c2C2CC2)C1. The van der Waals surface area contributed by atoms with Crippen LogP contribution < -0.4 is 16.1 Å². The van der Waals surface area contributed by atoms with E-state index in [-0.39, 0.29) is 22.9 Å². The number of carbonyl (C=O) groups is 1. The van der Waals surface area contributed by atoms with Crippen molar-refractivity contribution in [3.63, 3.8) is 0 Å². The van der Waals surface area contributed by atoms with Gasteiger partial charge >= 0.3 is 5.97 Å². The van der Waals surface area contributed by atoms with Gasteiger partial charge in [0, 0.05) is 36.3 Å². The summed E-state index contributed by atoms with van der Waals surface area (Å²) in [6, 6.07) is 1.18. The molecule has 6 nitrogen and oxygen atoms in total. The lowest BCUT2D eigenvalue weighted by Crippen LogP contribution is -2.56. The summed E-state index contributed by atoms with van der Waals surface area (Å²) >= 11 is 0. The molecule has 1 saturated heterocycles. The number of H-pyrrole nitrogens is 1. The predicted octanol–water partition coefficient (Wildman–Crippen LogP) is 1.39. The van der Waals surface area contributed by atoms with Crippen LogP contribution in [0.4, 0.5) is 10.1 Å². The molecule has 0 amide bonds. The van der Waals surface area contributed by atoms with Crippen LogP contribution >= 0.6 is 0 Å². The molecule has 4 rings (SSSR count). The lowest BCUT2D eigenvalue weighted by Gasteiger charge is -2.40. The van der Waals surface area contributed by atoms with Gasteiger partial charge in [0.2, 0.25) is 5.43 Å². The minimum atomic E-state index is -1.32. The lowest BCUT2D eigenvalue weighted by molar-refractivity contribution is 0.0695. The number of nitrogens with one attached hydrogen (secondary N) is 1. The number of nitrogens with two attached hydrogens (primary N) is 1. The fourth-order valence-corrected chi connectivity index (χ4v) is 3.29. The van der Waals surface area contributed by atoms with E-state index < -0.39 is 17.2 Å². The third-order valence-corrected chi connectivity index (χ3v) is 4.58. The number of benzene rings is 1. The number of aromatic nitrogens is 1. The van der Waals surface area contributed by atoms with Gasteiger partial charge in [-0.25, -0.2) is 9.18 Å². The van der Waals surface area contributed by atoms with Gasteiger partial charge in [-0.2, -0.15) is 0 Å². The Morgan fingerprint density at radius 3 is 2.65 bits per heavy atom. The molecule has 0 spiro atoms. The van der Waals surface area contributed by atoms with Crippen molar-refractivity contribution in [2.75, 3.05) is 18.0 Å². The maximum atomic E-state index is 14.7. The fraction of sp³-hybridized carbons (Fsp3) is 0.375. The molecule has 23 heavy (non-hydrogen) atoms. The number of aromatic amines is 1. The molecule has 4 N–H and O–H groups in total. The Morgan fingerprint density at radius 2 is 2.09 bits per heavy atom. The number of pyridine rings is 1. The van der Waals surface area contributed by atoms with Crippen LogP contribution in [-0.4, -0.2) is 35.2 Å². The van der Waals surface area contributed by atoms with Gasteiger partial charge in [-0.05, 0) is 24.8 Å². The van der Waals surface area contributed by atoms with Crippen LogP contribution in [0, 0.1) is 5.82 Å². The first-order valence-corrected chi connectivity index (χ1v) is 7.59. The molecular weight excluding hydrogens is 301 g/mol. The molecule has 7 heteroatoms. The first-order valence-electron chi connectivity index (χ1n) is 7.59. The van der Waals surface area contributed by atoms with Crippen molar-refractivity contribution in [1.29, 1.82) is 0 Å². The number of carboxylic acids is 1. The molecule has 2 aromatic rings. The van der Waals surface area contributed by atoms with E-state index in [1.807, 2.05) is 4.90 Å². The van der Waals surface area contributed by atoms with Gasteiger partial charge in [-0.3, -0.25) is 4.79 Å². The van der Waals surface area contributed by atoms with Crippen molar-refractivity contribution < 1.29 is 14.3 Å². The number of rotatable bonds is 3. The van der Waals surface area contributed by atoms with Crippen LogP contribution in [0.15, 0.2) is 17.1 Å². The normalized spacial score (nSPS) is 18.3. The number of hydrogen-bond acceptors (Lipinski definition) is 4. The van der Waals surface area contributed by atoms with Gasteiger partial charge < -0.3 is 20.7 Å². The fourth-order valence-electron chi connectivity index (χ4n) is 3.29. The average Bonchev–Trinajstić information content (AvgIpc) is 3.28. The minimum Gasteiger partial charge on any atom is -0.477 e. The van der Waals surface area contributed by atoms with E-state index in [1.54, 1.807) is 0 Å². The Balaban J connectivity index is 2.00. The zero-order valence-corrected chi connectivity index (χ0v) is 12.3. The summed E-state index contributed by atoms with van der Waals surface area (Å²) in [5, 5.41) is 9.16. The Bertz CT molecular complexity index is 882. The van der Waals surface area contributed by atoms with Gasteiger partial charge in [0.25, 0.3) is 0 Å². The molecule has 1 aliphatic heterocycles. The highest BCUT2D eigenvalue weighted by Crippen LogP contribution is 2.48. The van der Waals surface area contributed by atoms with E-state index in [4.69, 9.17) is 10.8 Å². The zero-order chi connectivity index (χ0) is 16.3. The van der Waals surface area contributed by atoms with E-state index >= 15 is 0 Å². The highest BCUT2D eigenvalue weighted by atomic mass is 19.1. The molecule has 1 aliphatic carbocycles. The number of hydrogen-bond donors (Lipinski definition) is 3. The molecule has 1 aromatic heterocycles. The maximum Gasteiger partial charge on any atom is 0.341 e. The van der Waals surface area contributed by atoms with E-state index in [0.717, 1.165) is 24.5 Å². The summed E-state index contributed by atoms with van der Waals surface area (Å²) in [7, 11) is 0. The van der Waals surface area contributed by atoms with Crippen LogP contribution in [-0.2, 0) is 0 Å². The first-order chi connectivity index (χ1) is 11.0. The van der Waals surface area contributed by atoms with Crippen LogP contribution in [0.2, 0.25) is 0 Å². The Hall–Kier alpha value is -2.41. The highest BCUT2D eigenvalue weighted by molar-refractivity contribution is 5.95. The Labute approximate surface area is 130 Å². The van der Waals surface area contributed by atoms with Crippen molar-refractivity contribution >= 4 is 22.6 Å². The minimum absolute atomic E-state index is 0.0329. The average molecular weight is 317 g/mol. The second-order valence-corrected chi connectivity index (χ2v) is 6.32. The van der Waals surface area contributed by atoms with Crippen molar-refractivity contribution in [2.45, 2.75) is 24.8 Å². The summed E-state index contributed by atoms with van der Waals surface area (Å²) in [6.07, 6.45) is 3.07. The Morgan fingerprint density at radius 1 is 1.39 bits per heavy atom. The van der Waals surface area contributed by atoms with Gasteiger partial charge in [-0.15, -0.1) is 0 Å². The van der Waals surface area contributed by atoms with Crippen LogP contribution in [0.3, 0.4) is 0 Å². The molecule has 1 saturated carbocycles. The molecule has 0 atom stereocenters. The zero-order valence-electron chi connectivity index (χ0n) is 12.3. The van der Waals surface area contributed by atoms with Gasteiger partial charge in [0.15, 0.2) is 0 Å². The van der Waals surface area contributed by atoms with Gasteiger partial charge in [0.1, 0.15) is 11.4 Å². The third-order valence-electron chi connectivity index (χ3n) is 4.58. The molecule has 2 aliphatic rings. The topological polar surface area (TPSA) is 99.4 Å². The van der Waals surface area contributed by atoms with Crippen LogP contribution in [0.5, 0.6) is 0 Å². The highest BCUT2D eigenvalue weighted by Gasteiger charge is 2.36. The summed E-state index contributed by atoms with van der Waals surface area (Å²) < 4.78 is 14.7. The second kappa shape index (κ2) is 4.79. The number of fused-ring (bicyclic) bond motifs is 1. The first kappa shape index (κ1) is 14.2. The largest absolute Gasteiger partial charge is 0.477 e. The quantitative estimate of drug-likeness (QED) is 0.794. The summed E-state index contributed by atoms with van der Waals surface area (Å²) in [5.41, 5.74) is 6.59. The summed E-state index contributed by atoms with van der Waals surface area (Å²) in [4.78, 5) is 28.2. The van der Waals surface area contributed by atoms with Crippen molar-refractivity contribution in [3.05, 3.63) is 39.4 Å². The van der Waals surface area contributed by atoms with Gasteiger partial charge in [-0.1, -0.05) is 0 Å². The van der Waals surface area contributed by atoms with Crippen molar-refractivity contribution in [1.82, 2.24) is 4.98 Å². The number of nitrogens with zero attached hydrogens (tertiary/aromatic N) is 1. The van der Waals surface area contributed by atoms with Crippen molar-refractivity contribution in [2.24, 2.45) is 5.73 Å². The molecule has 120 valence electrons. The summed E-state index contributed by atoms with van der Waals surface area (Å²) in [6.45, 7) is 1.17. The summed E-state index contributed by atoms with van der Waals surface area (Å²) in [5.74, 6) is -1.61. The van der Waals surface area contributed by atoms with Crippen LogP contribution in [0.1, 0.15) is 34.7 Å².